The van der Waals surface area contributed by atoms with Gasteiger partial charge < -0.3 is 16.0 Å². The number of hydrogen-bond acceptors (Lipinski definition) is 6. The molecule has 0 bridgehead atoms. The van der Waals surface area contributed by atoms with E-state index in [2.05, 4.69) is 27.3 Å². The highest BCUT2D eigenvalue weighted by molar-refractivity contribution is 7.15. The number of aryl methyl sites for hydroxylation is 1. The molecule has 2 heterocycles. The summed E-state index contributed by atoms with van der Waals surface area (Å²) < 4.78 is 0. The molecule has 1 aromatic heterocycles. The lowest BCUT2D eigenvalue weighted by molar-refractivity contribution is -0.123. The maximum Gasteiger partial charge on any atom is 0.220 e. The van der Waals surface area contributed by atoms with Crippen molar-refractivity contribution in [2.24, 2.45) is 11.7 Å². The maximum atomic E-state index is 11.1. The van der Waals surface area contributed by atoms with E-state index in [9.17, 15) is 4.79 Å². The van der Waals surface area contributed by atoms with Gasteiger partial charge in [-0.1, -0.05) is 18.3 Å². The maximum absolute atomic E-state index is 11.1. The fraction of sp³-hybridized carbons (Fsp3) is 0.769. The molecule has 0 saturated carbocycles. The van der Waals surface area contributed by atoms with Gasteiger partial charge in [-0.15, -0.1) is 10.2 Å². The third-order valence-corrected chi connectivity index (χ3v) is 4.71. The van der Waals surface area contributed by atoms with Crippen molar-refractivity contribution in [1.29, 1.82) is 0 Å². The van der Waals surface area contributed by atoms with Gasteiger partial charge in [-0.25, -0.2) is 0 Å². The summed E-state index contributed by atoms with van der Waals surface area (Å²) >= 11 is 1.62. The predicted octanol–water partition coefficient (Wildman–Crippen LogP) is 1.10. The molecular weight excluding hydrogens is 274 g/mol. The fourth-order valence-corrected chi connectivity index (χ4v) is 3.11. The molecule has 1 aromatic rings. The smallest absolute Gasteiger partial charge is 0.220 e. The van der Waals surface area contributed by atoms with Gasteiger partial charge in [-0.05, 0) is 45.3 Å². The van der Waals surface area contributed by atoms with Crippen LogP contribution in [-0.2, 0) is 11.2 Å². The number of nitrogens with two attached hydrogens (primary N) is 1. The molecule has 2 rings (SSSR count). The van der Waals surface area contributed by atoms with E-state index < -0.39 is 0 Å². The van der Waals surface area contributed by atoms with Crippen LogP contribution in [0.3, 0.4) is 0 Å². The second kappa shape index (κ2) is 7.54. The molecule has 0 spiro atoms. The van der Waals surface area contributed by atoms with Crippen molar-refractivity contribution >= 4 is 22.4 Å². The SMILES string of the molecule is CCc1nnc(NCCCN2CCC(C(N)=O)CC2)s1. The number of carbonyl (C=O) groups is 1. The van der Waals surface area contributed by atoms with Crippen LogP contribution in [0, 0.1) is 5.92 Å². The second-order valence-corrected chi connectivity index (χ2v) is 6.22. The minimum Gasteiger partial charge on any atom is -0.369 e. The van der Waals surface area contributed by atoms with Gasteiger partial charge >= 0.3 is 0 Å². The van der Waals surface area contributed by atoms with Gasteiger partial charge in [0.2, 0.25) is 11.0 Å². The Kier molecular flexibility index (Phi) is 5.72. The molecule has 1 aliphatic heterocycles. The number of nitrogens with zero attached hydrogens (tertiary/aromatic N) is 3. The Morgan fingerprint density at radius 2 is 2.20 bits per heavy atom. The number of anilines is 1. The monoisotopic (exact) mass is 297 g/mol. The zero-order valence-electron chi connectivity index (χ0n) is 12.0. The average molecular weight is 297 g/mol. The Labute approximate surface area is 123 Å². The van der Waals surface area contributed by atoms with Crippen LogP contribution < -0.4 is 11.1 Å². The Bertz CT molecular complexity index is 428. The summed E-state index contributed by atoms with van der Waals surface area (Å²) in [7, 11) is 0. The molecule has 1 aliphatic rings. The molecule has 1 fully saturated rings. The third kappa shape index (κ3) is 4.42. The first-order valence-corrected chi connectivity index (χ1v) is 8.08. The van der Waals surface area contributed by atoms with E-state index in [-0.39, 0.29) is 11.8 Å². The highest BCUT2D eigenvalue weighted by Crippen LogP contribution is 2.17. The molecule has 0 atom stereocenters. The average Bonchev–Trinajstić information content (AvgIpc) is 2.92. The molecule has 7 heteroatoms. The van der Waals surface area contributed by atoms with E-state index in [0.717, 1.165) is 62.0 Å². The number of primary amides is 1. The minimum atomic E-state index is -0.144. The van der Waals surface area contributed by atoms with Crippen molar-refractivity contribution in [2.45, 2.75) is 32.6 Å². The number of hydrogen-bond donors (Lipinski definition) is 2. The number of carbonyl (C=O) groups excluding carboxylic acids is 1. The van der Waals surface area contributed by atoms with Gasteiger partial charge in [0.25, 0.3) is 0 Å². The zero-order chi connectivity index (χ0) is 14.4. The van der Waals surface area contributed by atoms with Crippen molar-refractivity contribution in [1.82, 2.24) is 15.1 Å². The normalized spacial score (nSPS) is 17.2. The predicted molar refractivity (Wildman–Crippen MR) is 80.8 cm³/mol. The lowest BCUT2D eigenvalue weighted by Crippen LogP contribution is -2.39. The van der Waals surface area contributed by atoms with Crippen molar-refractivity contribution in [3.8, 4) is 0 Å². The molecule has 0 radical (unpaired) electrons. The van der Waals surface area contributed by atoms with Crippen LogP contribution in [0.5, 0.6) is 0 Å². The second-order valence-electron chi connectivity index (χ2n) is 5.15. The largest absolute Gasteiger partial charge is 0.369 e. The summed E-state index contributed by atoms with van der Waals surface area (Å²) in [4.78, 5) is 13.5. The lowest BCUT2D eigenvalue weighted by atomic mass is 9.96. The molecule has 6 nitrogen and oxygen atoms in total. The fourth-order valence-electron chi connectivity index (χ4n) is 2.41. The van der Waals surface area contributed by atoms with Gasteiger partial charge in [0.05, 0.1) is 0 Å². The summed E-state index contributed by atoms with van der Waals surface area (Å²) in [6, 6.07) is 0. The van der Waals surface area contributed by atoms with Gasteiger partial charge in [0, 0.05) is 12.5 Å². The van der Waals surface area contributed by atoms with E-state index in [1.807, 2.05) is 0 Å². The van der Waals surface area contributed by atoms with Crippen LogP contribution in [0.2, 0.25) is 0 Å². The van der Waals surface area contributed by atoms with Crippen LogP contribution >= 0.6 is 11.3 Å². The van der Waals surface area contributed by atoms with Crippen molar-refractivity contribution in [2.75, 3.05) is 31.5 Å². The van der Waals surface area contributed by atoms with Crippen molar-refractivity contribution < 1.29 is 4.79 Å². The van der Waals surface area contributed by atoms with Gasteiger partial charge in [-0.3, -0.25) is 4.79 Å². The molecule has 20 heavy (non-hydrogen) atoms. The van der Waals surface area contributed by atoms with Gasteiger partial charge in [0.1, 0.15) is 5.01 Å². The van der Waals surface area contributed by atoms with E-state index in [1.54, 1.807) is 11.3 Å². The number of piperidine rings is 1. The van der Waals surface area contributed by atoms with Crippen LogP contribution in [0.4, 0.5) is 5.13 Å². The number of amides is 1. The topological polar surface area (TPSA) is 84.1 Å². The molecule has 1 amide bonds. The minimum absolute atomic E-state index is 0.0817. The summed E-state index contributed by atoms with van der Waals surface area (Å²) in [6.45, 7) is 6.00. The quantitative estimate of drug-likeness (QED) is 0.736. The summed E-state index contributed by atoms with van der Waals surface area (Å²) in [5.74, 6) is -0.0625. The third-order valence-electron chi connectivity index (χ3n) is 3.69. The number of nitrogens with one attached hydrogen (secondary N) is 1. The van der Waals surface area contributed by atoms with E-state index in [0.29, 0.717) is 0 Å². The highest BCUT2D eigenvalue weighted by Gasteiger charge is 2.22. The Morgan fingerprint density at radius 3 is 2.80 bits per heavy atom. The molecule has 0 aromatic carbocycles. The first kappa shape index (κ1) is 15.2. The Hall–Kier alpha value is -1.21. The molecular formula is C13H23N5OS. The molecule has 0 aliphatic carbocycles. The van der Waals surface area contributed by atoms with Crippen LogP contribution in [0.25, 0.3) is 0 Å². The van der Waals surface area contributed by atoms with Crippen molar-refractivity contribution in [3.05, 3.63) is 5.01 Å². The molecule has 3 N–H and O–H groups in total. The first-order chi connectivity index (χ1) is 9.69. The van der Waals surface area contributed by atoms with Crippen LogP contribution in [0.15, 0.2) is 0 Å². The van der Waals surface area contributed by atoms with Crippen LogP contribution in [0.1, 0.15) is 31.2 Å². The summed E-state index contributed by atoms with van der Waals surface area (Å²) in [5, 5.41) is 13.5. The molecule has 1 saturated heterocycles. The molecule has 0 unspecified atom stereocenters. The standard InChI is InChI=1S/C13H23N5OS/c1-2-11-16-17-13(20-11)15-6-3-7-18-8-4-10(5-9-18)12(14)19/h10H,2-9H2,1H3,(H2,14,19)(H,15,17). The van der Waals surface area contributed by atoms with Crippen molar-refractivity contribution in [3.63, 3.8) is 0 Å². The number of rotatable bonds is 7. The summed E-state index contributed by atoms with van der Waals surface area (Å²) in [6.07, 6.45) is 3.81. The number of likely N-dealkylation sites (tertiary alicyclic amines) is 1. The van der Waals surface area contributed by atoms with E-state index in [1.165, 1.54) is 0 Å². The zero-order valence-corrected chi connectivity index (χ0v) is 12.8. The van der Waals surface area contributed by atoms with Crippen LogP contribution in [-0.4, -0.2) is 47.2 Å². The Morgan fingerprint density at radius 1 is 1.45 bits per heavy atom. The van der Waals surface area contributed by atoms with E-state index in [4.69, 9.17) is 5.73 Å². The van der Waals surface area contributed by atoms with E-state index >= 15 is 0 Å². The van der Waals surface area contributed by atoms with Gasteiger partial charge in [0.15, 0.2) is 0 Å². The first-order valence-electron chi connectivity index (χ1n) is 7.27. The Balaban J connectivity index is 1.59. The summed E-state index contributed by atoms with van der Waals surface area (Å²) in [5.41, 5.74) is 5.33. The molecule has 112 valence electrons. The highest BCUT2D eigenvalue weighted by atomic mass is 32.1. The lowest BCUT2D eigenvalue weighted by Gasteiger charge is -2.30. The number of aromatic nitrogens is 2. The van der Waals surface area contributed by atoms with Gasteiger partial charge in [-0.2, -0.15) is 0 Å².